The second kappa shape index (κ2) is 4.57. The second-order valence-electron chi connectivity index (χ2n) is 3.16. The average Bonchev–Trinajstić information content (AvgIpc) is 2.15. The Morgan fingerprint density at radius 2 is 2.20 bits per heavy atom. The van der Waals surface area contributed by atoms with Gasteiger partial charge in [0.05, 0.1) is 0 Å². The Balaban J connectivity index is 3.01. The Morgan fingerprint density at radius 1 is 1.60 bits per heavy atom. The van der Waals surface area contributed by atoms with Crippen LogP contribution in [0.1, 0.15) is 17.2 Å². The lowest BCUT2D eigenvalue weighted by Crippen LogP contribution is -2.34. The van der Waals surface area contributed by atoms with E-state index in [1.165, 1.54) is 12.3 Å². The molecule has 1 amide bonds. The van der Waals surface area contributed by atoms with E-state index in [4.69, 9.17) is 17.3 Å². The van der Waals surface area contributed by atoms with Gasteiger partial charge in [0.25, 0.3) is 0 Å². The van der Waals surface area contributed by atoms with Crippen LogP contribution in [-0.4, -0.2) is 27.2 Å². The van der Waals surface area contributed by atoms with Crippen LogP contribution in [0.3, 0.4) is 0 Å². The second-order valence-corrected chi connectivity index (χ2v) is 3.54. The maximum atomic E-state index is 10.7. The third-order valence-corrected chi connectivity index (χ3v) is 2.23. The lowest BCUT2D eigenvalue weighted by Gasteiger charge is -2.16. The van der Waals surface area contributed by atoms with Gasteiger partial charge in [0.2, 0.25) is 5.91 Å². The SMILES string of the molecule is Cc1cc(Cl)ncc1C(O)C(O)C(N)=O. The van der Waals surface area contributed by atoms with Gasteiger partial charge in [-0.25, -0.2) is 4.98 Å². The van der Waals surface area contributed by atoms with Gasteiger partial charge >= 0.3 is 0 Å². The molecule has 0 radical (unpaired) electrons. The molecule has 2 atom stereocenters. The number of carbonyl (C=O) groups excluding carboxylic acids is 1. The van der Waals surface area contributed by atoms with Crippen molar-refractivity contribution in [1.82, 2.24) is 4.98 Å². The first-order chi connectivity index (χ1) is 6.93. The van der Waals surface area contributed by atoms with Crippen molar-refractivity contribution in [2.24, 2.45) is 5.73 Å². The topological polar surface area (TPSA) is 96.4 Å². The summed E-state index contributed by atoms with van der Waals surface area (Å²) in [5, 5.41) is 19.1. The van der Waals surface area contributed by atoms with E-state index in [1.54, 1.807) is 6.92 Å². The molecule has 1 rings (SSSR count). The Labute approximate surface area is 91.5 Å². The van der Waals surface area contributed by atoms with Gasteiger partial charge in [0.1, 0.15) is 11.3 Å². The van der Waals surface area contributed by atoms with Gasteiger partial charge in [0, 0.05) is 11.8 Å². The minimum atomic E-state index is -1.65. The van der Waals surface area contributed by atoms with Gasteiger partial charge in [-0.2, -0.15) is 0 Å². The Hall–Kier alpha value is -1.17. The van der Waals surface area contributed by atoms with Crippen molar-refractivity contribution in [2.45, 2.75) is 19.1 Å². The van der Waals surface area contributed by atoms with Gasteiger partial charge in [-0.05, 0) is 18.6 Å². The maximum absolute atomic E-state index is 10.7. The number of hydrogen-bond donors (Lipinski definition) is 3. The molecule has 0 saturated carbocycles. The van der Waals surface area contributed by atoms with Crippen LogP contribution in [0.2, 0.25) is 5.15 Å². The molecule has 82 valence electrons. The molecule has 6 heteroatoms. The fraction of sp³-hybridized carbons (Fsp3) is 0.333. The van der Waals surface area contributed by atoms with E-state index in [0.29, 0.717) is 11.1 Å². The molecule has 1 heterocycles. The average molecular weight is 231 g/mol. The number of rotatable bonds is 3. The molecule has 0 bridgehead atoms. The van der Waals surface area contributed by atoms with Gasteiger partial charge in [-0.15, -0.1) is 0 Å². The van der Waals surface area contributed by atoms with Crippen LogP contribution < -0.4 is 5.73 Å². The summed E-state index contributed by atoms with van der Waals surface area (Å²) in [6.07, 6.45) is -1.73. The minimum absolute atomic E-state index is 0.275. The Kier molecular flexibility index (Phi) is 3.62. The van der Waals surface area contributed by atoms with Crippen molar-refractivity contribution in [3.05, 3.63) is 28.5 Å². The van der Waals surface area contributed by atoms with E-state index >= 15 is 0 Å². The molecule has 5 nitrogen and oxygen atoms in total. The van der Waals surface area contributed by atoms with Crippen LogP contribution in [0.15, 0.2) is 12.3 Å². The summed E-state index contributed by atoms with van der Waals surface area (Å²) in [4.78, 5) is 14.4. The van der Waals surface area contributed by atoms with E-state index in [9.17, 15) is 15.0 Å². The van der Waals surface area contributed by atoms with Crippen LogP contribution in [0.5, 0.6) is 0 Å². The fourth-order valence-electron chi connectivity index (χ4n) is 1.17. The lowest BCUT2D eigenvalue weighted by atomic mass is 10.0. The number of aliphatic hydroxyl groups is 2. The molecule has 4 N–H and O–H groups in total. The number of pyridine rings is 1. The number of amides is 1. The zero-order valence-electron chi connectivity index (χ0n) is 8.01. The van der Waals surface area contributed by atoms with Gasteiger partial charge in [0.15, 0.2) is 6.10 Å². The van der Waals surface area contributed by atoms with Crippen molar-refractivity contribution in [1.29, 1.82) is 0 Å². The fourth-order valence-corrected chi connectivity index (χ4v) is 1.38. The summed E-state index contributed by atoms with van der Waals surface area (Å²) in [5.41, 5.74) is 5.81. The number of carbonyl (C=O) groups is 1. The number of hydrogen-bond acceptors (Lipinski definition) is 4. The maximum Gasteiger partial charge on any atom is 0.249 e. The van der Waals surface area contributed by atoms with Gasteiger partial charge in [-0.3, -0.25) is 4.79 Å². The number of primary amides is 1. The summed E-state index contributed by atoms with van der Waals surface area (Å²) >= 11 is 5.62. The number of aryl methyl sites for hydroxylation is 1. The summed E-state index contributed by atoms with van der Waals surface area (Å²) in [7, 11) is 0. The highest BCUT2D eigenvalue weighted by molar-refractivity contribution is 6.29. The van der Waals surface area contributed by atoms with Crippen LogP contribution in [0, 0.1) is 6.92 Å². The molecule has 0 saturated heterocycles. The third kappa shape index (κ3) is 2.65. The number of aliphatic hydroxyl groups excluding tert-OH is 2. The number of nitrogens with two attached hydrogens (primary N) is 1. The van der Waals surface area contributed by atoms with Crippen molar-refractivity contribution in [3.8, 4) is 0 Å². The van der Waals surface area contributed by atoms with E-state index in [1.807, 2.05) is 0 Å². The van der Waals surface area contributed by atoms with Crippen LogP contribution in [0.4, 0.5) is 0 Å². The van der Waals surface area contributed by atoms with Gasteiger partial charge in [-0.1, -0.05) is 11.6 Å². The monoisotopic (exact) mass is 230 g/mol. The van der Waals surface area contributed by atoms with Crippen molar-refractivity contribution >= 4 is 17.5 Å². The van der Waals surface area contributed by atoms with Crippen molar-refractivity contribution in [3.63, 3.8) is 0 Å². The van der Waals surface area contributed by atoms with E-state index < -0.39 is 18.1 Å². The van der Waals surface area contributed by atoms with Gasteiger partial charge < -0.3 is 15.9 Å². The van der Waals surface area contributed by atoms with Crippen LogP contribution in [0.25, 0.3) is 0 Å². The van der Waals surface area contributed by atoms with E-state index in [0.717, 1.165) is 0 Å². The molecule has 0 aliphatic heterocycles. The normalized spacial score (nSPS) is 14.7. The molecule has 15 heavy (non-hydrogen) atoms. The standard InChI is InChI=1S/C9H11ClN2O3/c1-4-2-6(10)12-3-5(4)7(13)8(14)9(11)15/h2-3,7-8,13-14H,1H3,(H2,11,15). The first-order valence-corrected chi connectivity index (χ1v) is 4.58. The molecular formula is C9H11ClN2O3. The highest BCUT2D eigenvalue weighted by Gasteiger charge is 2.24. The first kappa shape index (κ1) is 11.9. The zero-order chi connectivity index (χ0) is 11.6. The largest absolute Gasteiger partial charge is 0.385 e. The molecule has 2 unspecified atom stereocenters. The third-order valence-electron chi connectivity index (χ3n) is 2.03. The molecule has 0 spiro atoms. The van der Waals surface area contributed by atoms with Crippen molar-refractivity contribution in [2.75, 3.05) is 0 Å². The molecule has 1 aromatic heterocycles. The predicted molar refractivity (Wildman–Crippen MR) is 54.1 cm³/mol. The minimum Gasteiger partial charge on any atom is -0.385 e. The lowest BCUT2D eigenvalue weighted by molar-refractivity contribution is -0.132. The van der Waals surface area contributed by atoms with Crippen LogP contribution >= 0.6 is 11.6 Å². The zero-order valence-corrected chi connectivity index (χ0v) is 8.77. The van der Waals surface area contributed by atoms with Crippen LogP contribution in [-0.2, 0) is 4.79 Å². The number of halogens is 1. The molecule has 0 aliphatic rings. The Morgan fingerprint density at radius 3 is 2.67 bits per heavy atom. The smallest absolute Gasteiger partial charge is 0.249 e. The number of aromatic nitrogens is 1. The molecule has 0 aromatic carbocycles. The summed E-state index contributed by atoms with van der Waals surface area (Å²) in [5.74, 6) is -0.989. The number of nitrogens with zero attached hydrogens (tertiary/aromatic N) is 1. The molecule has 0 aliphatic carbocycles. The summed E-state index contributed by atoms with van der Waals surface area (Å²) < 4.78 is 0. The van der Waals surface area contributed by atoms with Crippen molar-refractivity contribution < 1.29 is 15.0 Å². The predicted octanol–water partition coefficient (Wildman–Crippen LogP) is -0.0770. The van der Waals surface area contributed by atoms with E-state index in [-0.39, 0.29) is 5.15 Å². The molecular weight excluding hydrogens is 220 g/mol. The highest BCUT2D eigenvalue weighted by Crippen LogP contribution is 2.21. The molecule has 0 fully saturated rings. The summed E-state index contributed by atoms with van der Waals surface area (Å²) in [6, 6.07) is 1.52. The Bertz CT molecular complexity index is 384. The van der Waals surface area contributed by atoms with E-state index in [2.05, 4.69) is 4.98 Å². The molecule has 1 aromatic rings. The first-order valence-electron chi connectivity index (χ1n) is 4.21. The quantitative estimate of drug-likeness (QED) is 0.633. The highest BCUT2D eigenvalue weighted by atomic mass is 35.5. The summed E-state index contributed by atoms with van der Waals surface area (Å²) in [6.45, 7) is 1.68.